The molecule has 0 amide bonds. The number of carbonyl (C=O) groups excluding carboxylic acids is 2. The van der Waals surface area contributed by atoms with Crippen LogP contribution in [0.4, 0.5) is 37.7 Å². The van der Waals surface area contributed by atoms with E-state index in [1.165, 1.54) is 42.5 Å². The van der Waals surface area contributed by atoms with Gasteiger partial charge in [-0.25, -0.2) is 0 Å². The molecular formula is C38H38F6N2O6. The van der Waals surface area contributed by atoms with Crippen LogP contribution in [0.1, 0.15) is 79.1 Å². The molecule has 4 aromatic carbocycles. The third-order valence-corrected chi connectivity index (χ3v) is 8.88. The number of rotatable bonds is 9. The normalized spacial score (nSPS) is 14.0. The Kier molecular flexibility index (Phi) is 12.1. The van der Waals surface area contributed by atoms with Gasteiger partial charge in [0.2, 0.25) is 0 Å². The smallest absolute Gasteiger partial charge is 0.399 e. The number of aryl methyl sites for hydroxylation is 4. The molecule has 0 saturated heterocycles. The van der Waals surface area contributed by atoms with Crippen LogP contribution in [0.15, 0.2) is 72.8 Å². The van der Waals surface area contributed by atoms with Crippen molar-refractivity contribution in [2.75, 3.05) is 5.73 Å². The first kappa shape index (κ1) is 41.3. The summed E-state index contributed by atoms with van der Waals surface area (Å²) in [7, 11) is 0. The Hall–Kier alpha value is -5.08. The molecule has 0 bridgehead atoms. The molecule has 278 valence electrons. The van der Waals surface area contributed by atoms with Crippen LogP contribution in [0.5, 0.6) is 0 Å². The molecule has 0 spiro atoms. The summed E-state index contributed by atoms with van der Waals surface area (Å²) in [5, 5.41) is 30.5. The summed E-state index contributed by atoms with van der Waals surface area (Å²) in [4.78, 5) is 35.1. The highest BCUT2D eigenvalue weighted by Gasteiger charge is 2.52. The molecule has 0 heterocycles. The van der Waals surface area contributed by atoms with Gasteiger partial charge in [-0.1, -0.05) is 48.5 Å². The number of nitrogens with two attached hydrogens (primary N) is 1. The van der Waals surface area contributed by atoms with Crippen molar-refractivity contribution in [1.29, 1.82) is 0 Å². The van der Waals surface area contributed by atoms with E-state index in [9.17, 15) is 56.3 Å². The number of halogens is 6. The molecule has 0 aliphatic heterocycles. The first-order valence-electron chi connectivity index (χ1n) is 15.7. The number of Topliss-reactive ketones (excluding diaryl/α,β-unsaturated/α-hetero) is 2. The molecule has 0 fully saturated rings. The Morgan fingerprint density at radius 1 is 0.654 bits per heavy atom. The van der Waals surface area contributed by atoms with Crippen molar-refractivity contribution in [3.63, 3.8) is 0 Å². The fraction of sp³-hybridized carbons (Fsp3) is 0.316. The molecule has 0 radical (unpaired) electrons. The Morgan fingerprint density at radius 2 is 1.00 bits per heavy atom. The number of nitro groups is 1. The van der Waals surface area contributed by atoms with Crippen molar-refractivity contribution >= 4 is 22.9 Å². The highest BCUT2D eigenvalue weighted by Crippen LogP contribution is 2.41. The van der Waals surface area contributed by atoms with Crippen molar-refractivity contribution in [3.05, 3.63) is 139 Å². The molecule has 8 nitrogen and oxygen atoms in total. The topological polar surface area (TPSA) is 144 Å². The van der Waals surface area contributed by atoms with Crippen LogP contribution < -0.4 is 5.73 Å². The van der Waals surface area contributed by atoms with Crippen molar-refractivity contribution in [1.82, 2.24) is 0 Å². The second kappa shape index (κ2) is 15.3. The van der Waals surface area contributed by atoms with Gasteiger partial charge >= 0.3 is 12.4 Å². The van der Waals surface area contributed by atoms with E-state index in [1.807, 2.05) is 0 Å². The molecule has 14 heteroatoms. The maximum atomic E-state index is 13.1. The number of ketones is 2. The van der Waals surface area contributed by atoms with Gasteiger partial charge in [0.15, 0.2) is 22.8 Å². The van der Waals surface area contributed by atoms with Crippen molar-refractivity contribution in [2.24, 2.45) is 0 Å². The second-order valence-corrected chi connectivity index (χ2v) is 12.9. The minimum Gasteiger partial charge on any atom is -0.399 e. The minimum atomic E-state index is -4.84. The lowest BCUT2D eigenvalue weighted by Crippen LogP contribution is -2.39. The van der Waals surface area contributed by atoms with E-state index < -0.39 is 28.5 Å². The molecule has 0 aromatic heterocycles. The Morgan fingerprint density at radius 3 is 1.33 bits per heavy atom. The summed E-state index contributed by atoms with van der Waals surface area (Å²) in [5.41, 5.74) is 3.08. The lowest BCUT2D eigenvalue weighted by molar-refractivity contribution is -0.384. The quantitative estimate of drug-likeness (QED) is 0.0515. The van der Waals surface area contributed by atoms with Gasteiger partial charge in [0.05, 0.1) is 4.92 Å². The van der Waals surface area contributed by atoms with Crippen LogP contribution in [0, 0.1) is 37.8 Å². The summed E-state index contributed by atoms with van der Waals surface area (Å²) in [6.07, 6.45) is -9.69. The Labute approximate surface area is 296 Å². The largest absolute Gasteiger partial charge is 0.421 e. The molecule has 4 rings (SSSR count). The fourth-order valence-corrected chi connectivity index (χ4v) is 5.46. The first-order chi connectivity index (χ1) is 23.8. The molecule has 0 saturated carbocycles. The highest BCUT2D eigenvalue weighted by molar-refractivity contribution is 5.99. The summed E-state index contributed by atoms with van der Waals surface area (Å²) >= 11 is 0. The average molecular weight is 733 g/mol. The highest BCUT2D eigenvalue weighted by atomic mass is 19.4. The summed E-state index contributed by atoms with van der Waals surface area (Å²) < 4.78 is 78.3. The van der Waals surface area contributed by atoms with E-state index in [0.29, 0.717) is 51.6 Å². The van der Waals surface area contributed by atoms with Crippen LogP contribution in [0.25, 0.3) is 0 Å². The monoisotopic (exact) mass is 732 g/mol. The summed E-state index contributed by atoms with van der Waals surface area (Å²) in [5.74, 6) is -0.561. The van der Waals surface area contributed by atoms with E-state index in [-0.39, 0.29) is 46.8 Å². The number of non-ortho nitro benzene ring substituents is 1. The van der Waals surface area contributed by atoms with E-state index in [0.717, 1.165) is 13.0 Å². The van der Waals surface area contributed by atoms with Gasteiger partial charge in [-0.05, 0) is 98.2 Å². The zero-order valence-electron chi connectivity index (χ0n) is 29.2. The average Bonchev–Trinajstić information content (AvgIpc) is 3.03. The maximum absolute atomic E-state index is 13.1. The van der Waals surface area contributed by atoms with Crippen LogP contribution >= 0.6 is 0 Å². The van der Waals surface area contributed by atoms with Crippen LogP contribution in [-0.2, 0) is 24.0 Å². The number of benzene rings is 4. The molecule has 4 aromatic rings. The molecule has 4 N–H and O–H groups in total. The SMILES string of the molecule is Cc1cc(C(C)(O)C(F)(F)F)cc(C)c1CC(=O)c1cccc(N)c1.Cc1cc(C(C)(O)C(F)(F)F)cc(C)c1CC(=O)c1cccc([N+](=O)[O-])c1. The number of nitro benzene ring substituents is 1. The molecule has 0 aliphatic carbocycles. The van der Waals surface area contributed by atoms with Gasteiger partial charge < -0.3 is 15.9 Å². The van der Waals surface area contributed by atoms with Crippen molar-refractivity contribution in [2.45, 2.75) is 77.9 Å². The predicted molar refractivity (Wildman–Crippen MR) is 183 cm³/mol. The lowest BCUT2D eigenvalue weighted by Gasteiger charge is -2.28. The van der Waals surface area contributed by atoms with E-state index in [2.05, 4.69) is 0 Å². The standard InChI is InChI=1S/C19H18F3NO4.C19H20F3NO2/c1-11-7-14(18(3,25)19(20,21)22)8-12(2)16(11)10-17(24)13-5-4-6-15(9-13)23(26)27;1-11-7-14(18(3,25)19(20,21)22)8-12(2)16(11)10-17(24)13-5-4-6-15(23)9-13/h4-9,25H,10H2,1-3H3;4-9,25H,10,23H2,1-3H3. The molecule has 2 atom stereocenters. The van der Waals surface area contributed by atoms with Gasteiger partial charge in [-0.3, -0.25) is 19.7 Å². The van der Waals surface area contributed by atoms with Gasteiger partial charge in [-0.15, -0.1) is 0 Å². The zero-order valence-corrected chi connectivity index (χ0v) is 29.2. The number of hydrogen-bond acceptors (Lipinski definition) is 7. The van der Waals surface area contributed by atoms with Gasteiger partial charge in [0.25, 0.3) is 5.69 Å². The van der Waals surface area contributed by atoms with Crippen LogP contribution in [0.2, 0.25) is 0 Å². The number of carbonyl (C=O) groups is 2. The lowest BCUT2D eigenvalue weighted by atomic mass is 9.87. The fourth-order valence-electron chi connectivity index (χ4n) is 5.46. The van der Waals surface area contributed by atoms with E-state index in [4.69, 9.17) is 5.73 Å². The Bertz CT molecular complexity index is 1950. The summed E-state index contributed by atoms with van der Waals surface area (Å²) in [6, 6.07) is 16.8. The molecular weight excluding hydrogens is 694 g/mol. The van der Waals surface area contributed by atoms with Gasteiger partial charge in [0.1, 0.15) is 0 Å². The predicted octanol–water partition coefficient (Wildman–Crippen LogP) is 8.49. The molecule has 52 heavy (non-hydrogen) atoms. The number of nitrogens with zero attached hydrogens (tertiary/aromatic N) is 1. The van der Waals surface area contributed by atoms with Gasteiger partial charge in [-0.2, -0.15) is 26.3 Å². The van der Waals surface area contributed by atoms with Crippen molar-refractivity contribution < 1.29 is 51.1 Å². The summed E-state index contributed by atoms with van der Waals surface area (Å²) in [6.45, 7) is 7.77. The third kappa shape index (κ3) is 9.22. The minimum absolute atomic E-state index is 0.0512. The third-order valence-electron chi connectivity index (χ3n) is 8.88. The van der Waals surface area contributed by atoms with Gasteiger partial charge in [0, 0.05) is 41.8 Å². The van der Waals surface area contributed by atoms with Crippen LogP contribution in [0.3, 0.4) is 0 Å². The Balaban J connectivity index is 0.000000281. The molecule has 0 aliphatic rings. The maximum Gasteiger partial charge on any atom is 0.421 e. The number of alkyl halides is 6. The van der Waals surface area contributed by atoms with E-state index >= 15 is 0 Å². The number of hydrogen-bond donors (Lipinski definition) is 3. The number of nitrogen functional groups attached to an aromatic ring is 1. The van der Waals surface area contributed by atoms with Crippen molar-refractivity contribution in [3.8, 4) is 0 Å². The number of anilines is 1. The zero-order chi connectivity index (χ0) is 39.6. The van der Waals surface area contributed by atoms with Crippen LogP contribution in [-0.4, -0.2) is 39.1 Å². The first-order valence-corrected chi connectivity index (χ1v) is 15.7. The second-order valence-electron chi connectivity index (χ2n) is 12.9. The molecule has 2 unspecified atom stereocenters. The number of aliphatic hydroxyl groups is 2. The van der Waals surface area contributed by atoms with E-state index in [1.54, 1.807) is 52.0 Å².